The summed E-state index contributed by atoms with van der Waals surface area (Å²) in [5.41, 5.74) is 11.7. The molecular formula is C45H35N5+2. The Hall–Kier alpha value is -6.81. The van der Waals surface area contributed by atoms with Gasteiger partial charge >= 0.3 is 6.01 Å². The van der Waals surface area contributed by atoms with Crippen molar-refractivity contribution in [2.24, 2.45) is 0 Å². The monoisotopic (exact) mass is 645 g/mol. The van der Waals surface area contributed by atoms with Gasteiger partial charge in [0.2, 0.25) is 11.9 Å². The maximum absolute atomic E-state index is 4.85. The largest absolute Gasteiger partial charge is 0.495 e. The van der Waals surface area contributed by atoms with Gasteiger partial charge in [0.05, 0.1) is 11.4 Å². The van der Waals surface area contributed by atoms with Gasteiger partial charge in [0.25, 0.3) is 6.20 Å². The number of anilines is 6. The summed E-state index contributed by atoms with van der Waals surface area (Å²) < 4.78 is 3.93. The molecule has 0 radical (unpaired) electrons. The van der Waals surface area contributed by atoms with Crippen molar-refractivity contribution in [1.82, 2.24) is 4.98 Å². The molecule has 0 bridgehead atoms. The van der Waals surface area contributed by atoms with Crippen LogP contribution < -0.4 is 9.80 Å². The molecule has 1 aromatic heterocycles. The van der Waals surface area contributed by atoms with Crippen molar-refractivity contribution < 1.29 is 9.15 Å². The van der Waals surface area contributed by atoms with Gasteiger partial charge in [-0.3, -0.25) is 4.98 Å². The van der Waals surface area contributed by atoms with Gasteiger partial charge in [0.1, 0.15) is 0 Å². The van der Waals surface area contributed by atoms with Crippen LogP contribution in [0.3, 0.4) is 0 Å². The minimum atomic E-state index is 0.911. The van der Waals surface area contributed by atoms with Gasteiger partial charge in [-0.2, -0.15) is 0 Å². The minimum Gasteiger partial charge on any atom is -0.310 e. The summed E-state index contributed by atoms with van der Waals surface area (Å²) in [7, 11) is 1.98. The summed E-state index contributed by atoms with van der Waals surface area (Å²) in [5, 5.41) is 0. The molecule has 0 saturated carbocycles. The van der Waals surface area contributed by atoms with Crippen LogP contribution in [0.5, 0.6) is 0 Å². The smallest absolute Gasteiger partial charge is 0.310 e. The van der Waals surface area contributed by atoms with E-state index in [0.717, 1.165) is 62.2 Å². The third kappa shape index (κ3) is 6.37. The first-order valence-corrected chi connectivity index (χ1v) is 16.7. The van der Waals surface area contributed by atoms with Gasteiger partial charge in [-0.15, -0.1) is 0 Å². The predicted molar refractivity (Wildman–Crippen MR) is 205 cm³/mol. The summed E-state index contributed by atoms with van der Waals surface area (Å²) in [6.07, 6.45) is 5.91. The molecule has 2 heterocycles. The molecule has 1 aliphatic rings. The van der Waals surface area contributed by atoms with Gasteiger partial charge in [0, 0.05) is 52.3 Å². The van der Waals surface area contributed by atoms with E-state index < -0.39 is 0 Å². The van der Waals surface area contributed by atoms with Crippen LogP contribution in [-0.4, -0.2) is 27.2 Å². The lowest BCUT2D eigenvalue weighted by atomic mass is 10.0. The third-order valence-electron chi connectivity index (χ3n) is 8.71. The zero-order chi connectivity index (χ0) is 33.7. The highest BCUT2D eigenvalue weighted by Gasteiger charge is 2.20. The van der Waals surface area contributed by atoms with Crippen LogP contribution in [0.2, 0.25) is 0 Å². The molecule has 0 aliphatic carbocycles. The zero-order valence-electron chi connectivity index (χ0n) is 27.7. The molecule has 7 aromatic rings. The average Bonchev–Trinajstić information content (AvgIpc) is 3.63. The van der Waals surface area contributed by atoms with E-state index in [1.807, 2.05) is 40.9 Å². The molecule has 0 saturated heterocycles. The van der Waals surface area contributed by atoms with Crippen molar-refractivity contribution in [2.75, 3.05) is 16.8 Å². The Kier molecular flexibility index (Phi) is 8.38. The topological polar surface area (TPSA) is 25.4 Å². The average molecular weight is 646 g/mol. The molecule has 0 spiro atoms. The second kappa shape index (κ2) is 13.7. The summed E-state index contributed by atoms with van der Waals surface area (Å²) in [6.45, 7) is 0. The van der Waals surface area contributed by atoms with E-state index in [0.29, 0.717) is 0 Å². The van der Waals surface area contributed by atoms with Crippen molar-refractivity contribution >= 4 is 45.8 Å². The Balaban J connectivity index is 1.16. The zero-order valence-corrected chi connectivity index (χ0v) is 27.7. The Labute approximate surface area is 292 Å². The van der Waals surface area contributed by atoms with Crippen molar-refractivity contribution in [3.63, 3.8) is 0 Å². The lowest BCUT2D eigenvalue weighted by Crippen LogP contribution is -2.10. The van der Waals surface area contributed by atoms with Crippen LogP contribution in [0.25, 0.3) is 22.4 Å². The second-order valence-electron chi connectivity index (χ2n) is 12.1. The molecule has 0 atom stereocenters. The first-order chi connectivity index (χ1) is 24.7. The molecular weight excluding hydrogens is 611 g/mol. The van der Waals surface area contributed by atoms with Crippen molar-refractivity contribution in [1.29, 1.82) is 0 Å². The number of nitrogens with zero attached hydrogens (tertiary/aromatic N) is 5. The van der Waals surface area contributed by atoms with Gasteiger partial charge < -0.3 is 9.80 Å². The number of pyridine rings is 1. The normalized spacial score (nSPS) is 11.9. The summed E-state index contributed by atoms with van der Waals surface area (Å²) >= 11 is 0. The quantitative estimate of drug-likeness (QED) is 0.146. The van der Waals surface area contributed by atoms with Crippen LogP contribution >= 0.6 is 0 Å². The van der Waals surface area contributed by atoms with E-state index in [4.69, 9.17) is 4.98 Å². The summed E-state index contributed by atoms with van der Waals surface area (Å²) in [6, 6.07) is 64.9. The lowest BCUT2D eigenvalue weighted by molar-refractivity contribution is -0.429. The van der Waals surface area contributed by atoms with E-state index in [2.05, 4.69) is 186 Å². The molecule has 0 N–H and O–H groups in total. The Morgan fingerprint density at radius 3 is 1.50 bits per heavy atom. The van der Waals surface area contributed by atoms with E-state index in [-0.39, 0.29) is 0 Å². The highest BCUT2D eigenvalue weighted by Crippen LogP contribution is 2.39. The molecule has 0 fully saturated rings. The predicted octanol–water partition coefficient (Wildman–Crippen LogP) is 11.3. The third-order valence-corrected chi connectivity index (χ3v) is 8.71. The van der Waals surface area contributed by atoms with Crippen LogP contribution in [0.1, 0.15) is 0 Å². The molecule has 0 unspecified atom stereocenters. The van der Waals surface area contributed by atoms with Crippen molar-refractivity contribution in [2.45, 2.75) is 0 Å². The number of aromatic nitrogens is 1. The first kappa shape index (κ1) is 30.5. The molecule has 6 aromatic carbocycles. The maximum atomic E-state index is 4.85. The van der Waals surface area contributed by atoms with Crippen molar-refractivity contribution in [3.8, 4) is 22.4 Å². The van der Waals surface area contributed by atoms with Gasteiger partial charge in [-0.1, -0.05) is 94.1 Å². The highest BCUT2D eigenvalue weighted by atomic mass is 15.2. The fourth-order valence-corrected chi connectivity index (χ4v) is 6.35. The van der Waals surface area contributed by atoms with E-state index >= 15 is 0 Å². The molecule has 5 heteroatoms. The molecule has 0 amide bonds. The van der Waals surface area contributed by atoms with Crippen molar-refractivity contribution in [3.05, 3.63) is 195 Å². The van der Waals surface area contributed by atoms with Crippen LogP contribution in [0.4, 0.5) is 39.8 Å². The molecule has 8 rings (SSSR count). The first-order valence-electron chi connectivity index (χ1n) is 16.7. The Morgan fingerprint density at radius 1 is 0.440 bits per heavy atom. The van der Waals surface area contributed by atoms with E-state index in [9.17, 15) is 0 Å². The number of rotatable bonds is 9. The number of hydrogen-bond donors (Lipinski definition) is 0. The summed E-state index contributed by atoms with van der Waals surface area (Å²) in [4.78, 5) is 9.42. The number of para-hydroxylation sites is 3. The standard InChI is InChI=1S/C45H35N5/c1-47-28-29-48(34-47)41-22-13-25-44(33-41)50(40-20-9-4-10-21-40)43-24-12-15-37(31-43)45-32-36(26-27-46-45)35-14-11-23-42(30-35)49(38-16-5-2-6-17-38)39-18-7-3-8-19-39/h2-33H,1H3/q+2. The van der Waals surface area contributed by atoms with Gasteiger partial charge in [0.15, 0.2) is 7.05 Å². The number of benzene rings is 6. The molecule has 1 aliphatic heterocycles. The minimum absolute atomic E-state index is 0.911. The molecule has 50 heavy (non-hydrogen) atoms. The fraction of sp³-hybridized carbons (Fsp3) is 0.0222. The van der Waals surface area contributed by atoms with E-state index in [1.54, 1.807) is 0 Å². The second-order valence-corrected chi connectivity index (χ2v) is 12.1. The van der Waals surface area contributed by atoms with Crippen LogP contribution in [-0.2, 0) is 0 Å². The lowest BCUT2D eigenvalue weighted by Gasteiger charge is -2.26. The fourth-order valence-electron chi connectivity index (χ4n) is 6.35. The number of hydrogen-bond acceptors (Lipinski definition) is 3. The Morgan fingerprint density at radius 2 is 0.920 bits per heavy atom. The molecule has 238 valence electrons. The molecule has 5 nitrogen and oxygen atoms in total. The van der Waals surface area contributed by atoms with Gasteiger partial charge in [-0.05, 0) is 90.0 Å². The maximum Gasteiger partial charge on any atom is 0.495 e. The highest BCUT2D eigenvalue weighted by molar-refractivity contribution is 5.83. The van der Waals surface area contributed by atoms with Gasteiger partial charge in [-0.25, -0.2) is 0 Å². The summed E-state index contributed by atoms with van der Waals surface area (Å²) in [5.74, 6) is 0. The van der Waals surface area contributed by atoms with E-state index in [1.165, 1.54) is 0 Å². The van der Waals surface area contributed by atoms with Crippen LogP contribution in [0.15, 0.2) is 195 Å². The SMILES string of the molecule is C[N+]1=C=[N+](c2cccc(N(c3ccccc3)c3cccc(-c4cc(-c5cccc(N(c6ccccc6)c6ccccc6)c5)ccn4)c3)c2)C=C1. The van der Waals surface area contributed by atoms with Crippen LogP contribution in [0, 0.1) is 0 Å². The Bertz CT molecular complexity index is 2340.